The summed E-state index contributed by atoms with van der Waals surface area (Å²) in [5.74, 6) is 0.747. The molecule has 5 heteroatoms. The van der Waals surface area contributed by atoms with Crippen molar-refractivity contribution in [2.45, 2.75) is 32.8 Å². The first-order chi connectivity index (χ1) is 9.37. The van der Waals surface area contributed by atoms with Crippen LogP contribution in [0.5, 0.6) is 5.75 Å². The molecule has 0 aliphatic carbocycles. The minimum atomic E-state index is -0.523. The number of amides is 1. The summed E-state index contributed by atoms with van der Waals surface area (Å²) < 4.78 is 10.5. The third kappa shape index (κ3) is 5.09. The van der Waals surface area contributed by atoms with Gasteiger partial charge in [-0.1, -0.05) is 0 Å². The second-order valence-electron chi connectivity index (χ2n) is 5.47. The number of nitrogens with zero attached hydrogens (tertiary/aromatic N) is 1. The fraction of sp³-hybridized carbons (Fsp3) is 0.533. The molecule has 0 saturated heterocycles. The lowest BCUT2D eigenvalue weighted by Gasteiger charge is -2.27. The van der Waals surface area contributed by atoms with Gasteiger partial charge in [-0.3, -0.25) is 4.90 Å². The van der Waals surface area contributed by atoms with Gasteiger partial charge in [0.15, 0.2) is 0 Å². The number of hydrogen-bond donors (Lipinski definition) is 1. The monoisotopic (exact) mass is 280 g/mol. The smallest absolute Gasteiger partial charge is 0.414 e. The van der Waals surface area contributed by atoms with Gasteiger partial charge in [0.05, 0.1) is 7.11 Å². The molecular formula is C15H24N2O3. The van der Waals surface area contributed by atoms with E-state index in [4.69, 9.17) is 15.2 Å². The average Bonchev–Trinajstić information content (AvgIpc) is 2.38. The first kappa shape index (κ1) is 16.3. The van der Waals surface area contributed by atoms with E-state index in [1.807, 2.05) is 45.0 Å². The van der Waals surface area contributed by atoms with E-state index in [9.17, 15) is 4.79 Å². The zero-order valence-electron chi connectivity index (χ0n) is 12.7. The van der Waals surface area contributed by atoms with Crippen LogP contribution in [0.15, 0.2) is 24.3 Å². The standard InChI is InChI=1S/C15H24N2O3/c1-15(2,3)20-14(18)17(11-5-10-16)12-6-8-13(19-4)9-7-12/h6-9H,5,10-11,16H2,1-4H3. The lowest BCUT2D eigenvalue weighted by atomic mass is 10.2. The van der Waals surface area contributed by atoms with Crippen LogP contribution in [0.4, 0.5) is 10.5 Å². The van der Waals surface area contributed by atoms with Crippen molar-refractivity contribution in [3.63, 3.8) is 0 Å². The number of anilines is 1. The van der Waals surface area contributed by atoms with Crippen molar-refractivity contribution in [1.29, 1.82) is 0 Å². The largest absolute Gasteiger partial charge is 0.497 e. The molecule has 0 bridgehead atoms. The van der Waals surface area contributed by atoms with Crippen molar-refractivity contribution in [3.8, 4) is 5.75 Å². The highest BCUT2D eigenvalue weighted by atomic mass is 16.6. The van der Waals surface area contributed by atoms with Crippen molar-refractivity contribution < 1.29 is 14.3 Å². The van der Waals surface area contributed by atoms with Gasteiger partial charge in [-0.25, -0.2) is 4.79 Å². The Bertz CT molecular complexity index is 424. The summed E-state index contributed by atoms with van der Waals surface area (Å²) in [5.41, 5.74) is 5.78. The quantitative estimate of drug-likeness (QED) is 0.900. The Morgan fingerprint density at radius 1 is 1.25 bits per heavy atom. The highest BCUT2D eigenvalue weighted by Gasteiger charge is 2.23. The third-order valence-electron chi connectivity index (χ3n) is 2.58. The molecule has 1 aromatic rings. The van der Waals surface area contributed by atoms with Crippen LogP contribution in [0, 0.1) is 0 Å². The molecule has 0 unspecified atom stereocenters. The van der Waals surface area contributed by atoms with E-state index in [-0.39, 0.29) is 6.09 Å². The van der Waals surface area contributed by atoms with E-state index in [1.54, 1.807) is 12.0 Å². The fourth-order valence-corrected chi connectivity index (χ4v) is 1.65. The van der Waals surface area contributed by atoms with E-state index in [0.717, 1.165) is 11.4 Å². The number of carbonyl (C=O) groups excluding carboxylic acids is 1. The molecule has 112 valence electrons. The molecule has 5 nitrogen and oxygen atoms in total. The zero-order valence-corrected chi connectivity index (χ0v) is 12.7. The molecule has 0 aromatic heterocycles. The average molecular weight is 280 g/mol. The molecule has 0 atom stereocenters. The van der Waals surface area contributed by atoms with Gasteiger partial charge in [-0.05, 0) is 58.0 Å². The summed E-state index contributed by atoms with van der Waals surface area (Å²) in [4.78, 5) is 13.8. The Morgan fingerprint density at radius 3 is 2.30 bits per heavy atom. The second-order valence-corrected chi connectivity index (χ2v) is 5.47. The molecule has 0 radical (unpaired) electrons. The number of nitrogens with two attached hydrogens (primary N) is 1. The van der Waals surface area contributed by atoms with Gasteiger partial charge in [-0.15, -0.1) is 0 Å². The van der Waals surface area contributed by atoms with Crippen LogP contribution in [0.2, 0.25) is 0 Å². The fourth-order valence-electron chi connectivity index (χ4n) is 1.65. The van der Waals surface area contributed by atoms with Crippen LogP contribution in [0.25, 0.3) is 0 Å². The van der Waals surface area contributed by atoms with Crippen molar-refractivity contribution >= 4 is 11.8 Å². The predicted molar refractivity (Wildman–Crippen MR) is 80.2 cm³/mol. The van der Waals surface area contributed by atoms with E-state index in [1.165, 1.54) is 0 Å². The summed E-state index contributed by atoms with van der Waals surface area (Å²) in [6.45, 7) is 6.59. The summed E-state index contributed by atoms with van der Waals surface area (Å²) in [7, 11) is 1.61. The number of ether oxygens (including phenoxy) is 2. The van der Waals surface area contributed by atoms with E-state index < -0.39 is 5.60 Å². The maximum absolute atomic E-state index is 12.3. The lowest BCUT2D eigenvalue weighted by molar-refractivity contribution is 0.0580. The van der Waals surface area contributed by atoms with Crippen molar-refractivity contribution in [3.05, 3.63) is 24.3 Å². The molecule has 0 saturated carbocycles. The second kappa shape index (κ2) is 7.14. The zero-order chi connectivity index (χ0) is 15.2. The SMILES string of the molecule is COc1ccc(N(CCCN)C(=O)OC(C)(C)C)cc1. The van der Waals surface area contributed by atoms with Crippen molar-refractivity contribution in [1.82, 2.24) is 0 Å². The Morgan fingerprint density at radius 2 is 1.85 bits per heavy atom. The number of benzene rings is 1. The van der Waals surface area contributed by atoms with Crippen LogP contribution >= 0.6 is 0 Å². The van der Waals surface area contributed by atoms with Crippen LogP contribution in [0.1, 0.15) is 27.2 Å². The molecule has 20 heavy (non-hydrogen) atoms. The van der Waals surface area contributed by atoms with Crippen molar-refractivity contribution in [2.75, 3.05) is 25.1 Å². The van der Waals surface area contributed by atoms with Crippen LogP contribution in [-0.4, -0.2) is 31.9 Å². The number of rotatable bonds is 5. The minimum absolute atomic E-state index is 0.365. The van der Waals surface area contributed by atoms with Gasteiger partial charge in [0.2, 0.25) is 0 Å². The maximum Gasteiger partial charge on any atom is 0.414 e. The highest BCUT2D eigenvalue weighted by molar-refractivity contribution is 5.87. The van der Waals surface area contributed by atoms with Gasteiger partial charge in [0.1, 0.15) is 11.4 Å². The summed E-state index contributed by atoms with van der Waals surface area (Å²) in [5, 5.41) is 0. The summed E-state index contributed by atoms with van der Waals surface area (Å²) in [6.07, 6.45) is 0.349. The Labute approximate surface area is 120 Å². The third-order valence-corrected chi connectivity index (χ3v) is 2.58. The van der Waals surface area contributed by atoms with E-state index in [2.05, 4.69) is 0 Å². The van der Waals surface area contributed by atoms with Crippen LogP contribution in [0.3, 0.4) is 0 Å². The Hall–Kier alpha value is -1.75. The molecule has 1 aromatic carbocycles. The summed E-state index contributed by atoms with van der Waals surface area (Å²) >= 11 is 0. The van der Waals surface area contributed by atoms with Gasteiger partial charge < -0.3 is 15.2 Å². The first-order valence-electron chi connectivity index (χ1n) is 6.72. The molecule has 0 aliphatic heterocycles. The van der Waals surface area contributed by atoms with Crippen LogP contribution in [-0.2, 0) is 4.74 Å². The molecular weight excluding hydrogens is 256 g/mol. The van der Waals surface area contributed by atoms with E-state index >= 15 is 0 Å². The molecule has 2 N–H and O–H groups in total. The van der Waals surface area contributed by atoms with Crippen molar-refractivity contribution in [2.24, 2.45) is 5.73 Å². The molecule has 1 rings (SSSR count). The molecule has 0 aliphatic rings. The Kier molecular flexibility index (Phi) is 5.82. The molecule has 0 heterocycles. The van der Waals surface area contributed by atoms with Gasteiger partial charge in [0.25, 0.3) is 0 Å². The molecule has 0 spiro atoms. The van der Waals surface area contributed by atoms with E-state index in [0.29, 0.717) is 19.5 Å². The molecule has 0 fully saturated rings. The number of hydrogen-bond acceptors (Lipinski definition) is 4. The topological polar surface area (TPSA) is 64.8 Å². The van der Waals surface area contributed by atoms with Gasteiger partial charge in [-0.2, -0.15) is 0 Å². The highest BCUT2D eigenvalue weighted by Crippen LogP contribution is 2.21. The summed E-state index contributed by atoms with van der Waals surface area (Å²) in [6, 6.07) is 7.29. The normalized spacial score (nSPS) is 11.1. The lowest BCUT2D eigenvalue weighted by Crippen LogP contribution is -2.38. The van der Waals surface area contributed by atoms with Gasteiger partial charge in [0, 0.05) is 12.2 Å². The number of methoxy groups -OCH3 is 1. The first-order valence-corrected chi connectivity index (χ1v) is 6.72. The predicted octanol–water partition coefficient (Wildman–Crippen LogP) is 2.79. The van der Waals surface area contributed by atoms with Gasteiger partial charge >= 0.3 is 6.09 Å². The minimum Gasteiger partial charge on any atom is -0.497 e. The molecule has 1 amide bonds. The van der Waals surface area contributed by atoms with Crippen LogP contribution < -0.4 is 15.4 Å². The Balaban J connectivity index is 2.89. The maximum atomic E-state index is 12.3. The number of carbonyl (C=O) groups is 1.